The fraction of sp³-hybridized carbons (Fsp3) is 0.333. The van der Waals surface area contributed by atoms with Crippen LogP contribution in [0.25, 0.3) is 0 Å². The number of piperidine rings is 1. The van der Waals surface area contributed by atoms with Gasteiger partial charge in [0.25, 0.3) is 5.91 Å². The first kappa shape index (κ1) is 20.7. The summed E-state index contributed by atoms with van der Waals surface area (Å²) in [5.41, 5.74) is -0.322. The van der Waals surface area contributed by atoms with Crippen molar-refractivity contribution in [2.45, 2.75) is 19.0 Å². The number of alkyl halides is 3. The molecule has 0 aliphatic carbocycles. The highest BCUT2D eigenvalue weighted by molar-refractivity contribution is 5.96. The minimum atomic E-state index is -4.52. The summed E-state index contributed by atoms with van der Waals surface area (Å²) in [6.07, 6.45) is -3.32. The highest BCUT2D eigenvalue weighted by Gasteiger charge is 2.33. The van der Waals surface area contributed by atoms with Crippen LogP contribution in [0.1, 0.15) is 28.8 Å². The second-order valence-corrected chi connectivity index (χ2v) is 6.89. The number of anilines is 1. The van der Waals surface area contributed by atoms with E-state index in [2.05, 4.69) is 5.32 Å². The number of carbonyl (C=O) groups is 2. The first-order valence-corrected chi connectivity index (χ1v) is 9.19. The van der Waals surface area contributed by atoms with Crippen molar-refractivity contribution in [2.75, 3.05) is 25.5 Å². The molecule has 8 heteroatoms. The Morgan fingerprint density at radius 1 is 1.14 bits per heavy atom. The molecule has 0 spiro atoms. The van der Waals surface area contributed by atoms with Crippen molar-refractivity contribution in [1.29, 1.82) is 0 Å². The second kappa shape index (κ2) is 8.55. The Hall–Kier alpha value is -3.03. The number of amides is 2. The monoisotopic (exact) mass is 406 g/mol. The molecule has 1 unspecified atom stereocenters. The van der Waals surface area contributed by atoms with Crippen LogP contribution in [0.5, 0.6) is 5.75 Å². The maximum Gasteiger partial charge on any atom is 0.416 e. The lowest BCUT2D eigenvalue weighted by Crippen LogP contribution is -2.43. The summed E-state index contributed by atoms with van der Waals surface area (Å²) >= 11 is 0. The Bertz CT molecular complexity index is 899. The van der Waals surface area contributed by atoms with Gasteiger partial charge in [0.2, 0.25) is 5.91 Å². The van der Waals surface area contributed by atoms with Gasteiger partial charge in [0.1, 0.15) is 5.75 Å². The fourth-order valence-electron chi connectivity index (χ4n) is 3.33. The lowest BCUT2D eigenvalue weighted by molar-refractivity contribution is -0.137. The van der Waals surface area contributed by atoms with Gasteiger partial charge >= 0.3 is 6.18 Å². The first-order chi connectivity index (χ1) is 13.8. The summed E-state index contributed by atoms with van der Waals surface area (Å²) in [7, 11) is 1.53. The van der Waals surface area contributed by atoms with Crippen LogP contribution in [0.2, 0.25) is 0 Å². The average molecular weight is 406 g/mol. The van der Waals surface area contributed by atoms with Crippen LogP contribution in [0.3, 0.4) is 0 Å². The van der Waals surface area contributed by atoms with Gasteiger partial charge < -0.3 is 15.0 Å². The molecule has 29 heavy (non-hydrogen) atoms. The minimum absolute atomic E-state index is 0.0336. The number of hydrogen-bond donors (Lipinski definition) is 1. The molecule has 0 radical (unpaired) electrons. The van der Waals surface area contributed by atoms with E-state index in [1.165, 1.54) is 24.1 Å². The van der Waals surface area contributed by atoms with Crippen molar-refractivity contribution in [3.05, 3.63) is 59.7 Å². The van der Waals surface area contributed by atoms with Crippen LogP contribution in [0.15, 0.2) is 48.5 Å². The normalized spacial score (nSPS) is 17.0. The quantitative estimate of drug-likeness (QED) is 0.828. The van der Waals surface area contributed by atoms with Crippen LogP contribution in [-0.2, 0) is 11.0 Å². The third kappa shape index (κ3) is 5.07. The predicted octanol–water partition coefficient (Wildman–Crippen LogP) is 4.20. The number of benzene rings is 2. The van der Waals surface area contributed by atoms with Crippen molar-refractivity contribution < 1.29 is 27.5 Å². The standard InChI is InChI=1S/C21H21F3N2O3/c1-29-18-9-3-8-17(12-18)25-19(27)15-6-4-10-26(13-15)20(28)14-5-2-7-16(11-14)21(22,23)24/h2-3,5,7-9,11-12,15H,4,6,10,13H2,1H3,(H,25,27). The van der Waals surface area contributed by atoms with Gasteiger partial charge in [-0.1, -0.05) is 12.1 Å². The van der Waals surface area contributed by atoms with E-state index in [4.69, 9.17) is 4.74 Å². The highest BCUT2D eigenvalue weighted by atomic mass is 19.4. The second-order valence-electron chi connectivity index (χ2n) is 6.89. The van der Waals surface area contributed by atoms with E-state index in [1.54, 1.807) is 24.3 Å². The number of hydrogen-bond acceptors (Lipinski definition) is 3. The van der Waals surface area contributed by atoms with Crippen LogP contribution in [0, 0.1) is 5.92 Å². The van der Waals surface area contributed by atoms with Crippen LogP contribution in [-0.4, -0.2) is 36.9 Å². The average Bonchev–Trinajstić information content (AvgIpc) is 2.73. The zero-order valence-electron chi connectivity index (χ0n) is 15.8. The zero-order valence-corrected chi connectivity index (χ0v) is 15.8. The molecule has 2 amide bonds. The summed E-state index contributed by atoms with van der Waals surface area (Å²) in [6, 6.07) is 11.3. The molecule has 1 fully saturated rings. The number of methoxy groups -OCH3 is 1. The molecule has 1 aliphatic heterocycles. The van der Waals surface area contributed by atoms with Gasteiger partial charge in [-0.05, 0) is 43.2 Å². The summed E-state index contributed by atoms with van der Waals surface area (Å²) in [5.74, 6) is -0.577. The molecule has 1 heterocycles. The SMILES string of the molecule is COc1cccc(NC(=O)C2CCCN(C(=O)c3cccc(C(F)(F)F)c3)C2)c1. The fourth-order valence-corrected chi connectivity index (χ4v) is 3.33. The van der Waals surface area contributed by atoms with E-state index < -0.39 is 23.6 Å². The summed E-state index contributed by atoms with van der Waals surface area (Å²) in [5, 5.41) is 2.81. The van der Waals surface area contributed by atoms with E-state index >= 15 is 0 Å². The predicted molar refractivity (Wildman–Crippen MR) is 102 cm³/mol. The molecule has 0 aromatic heterocycles. The molecule has 2 aromatic carbocycles. The van der Waals surface area contributed by atoms with Crippen molar-refractivity contribution in [1.82, 2.24) is 4.90 Å². The Balaban J connectivity index is 1.68. The van der Waals surface area contributed by atoms with Gasteiger partial charge in [-0.2, -0.15) is 13.2 Å². The van der Waals surface area contributed by atoms with E-state index in [0.29, 0.717) is 30.8 Å². The number of nitrogens with one attached hydrogen (secondary N) is 1. The summed E-state index contributed by atoms with van der Waals surface area (Å²) in [4.78, 5) is 26.8. The largest absolute Gasteiger partial charge is 0.497 e. The van der Waals surface area contributed by atoms with Gasteiger partial charge in [-0.15, -0.1) is 0 Å². The highest BCUT2D eigenvalue weighted by Crippen LogP contribution is 2.30. The van der Waals surface area contributed by atoms with Crippen LogP contribution in [0.4, 0.5) is 18.9 Å². The Kier molecular flexibility index (Phi) is 6.10. The van der Waals surface area contributed by atoms with E-state index in [-0.39, 0.29) is 18.0 Å². The lowest BCUT2D eigenvalue weighted by atomic mass is 9.96. The first-order valence-electron chi connectivity index (χ1n) is 9.19. The third-order valence-corrected chi connectivity index (χ3v) is 4.85. The summed E-state index contributed by atoms with van der Waals surface area (Å²) < 4.78 is 43.9. The van der Waals surface area contributed by atoms with Crippen molar-refractivity contribution >= 4 is 17.5 Å². The van der Waals surface area contributed by atoms with Crippen LogP contribution < -0.4 is 10.1 Å². The van der Waals surface area contributed by atoms with Crippen molar-refractivity contribution in [2.24, 2.45) is 5.92 Å². The van der Waals surface area contributed by atoms with Gasteiger partial charge in [-0.3, -0.25) is 9.59 Å². The van der Waals surface area contributed by atoms with Gasteiger partial charge in [-0.25, -0.2) is 0 Å². The maximum absolute atomic E-state index is 12.9. The lowest BCUT2D eigenvalue weighted by Gasteiger charge is -2.32. The summed E-state index contributed by atoms with van der Waals surface area (Å²) in [6.45, 7) is 0.558. The number of carbonyl (C=O) groups excluding carboxylic acids is 2. The number of halogens is 3. The van der Waals surface area contributed by atoms with E-state index in [1.807, 2.05) is 0 Å². The van der Waals surface area contributed by atoms with Gasteiger partial charge in [0, 0.05) is 30.4 Å². The Morgan fingerprint density at radius 3 is 2.62 bits per heavy atom. The Labute approximate surface area is 166 Å². The topological polar surface area (TPSA) is 58.6 Å². The molecular weight excluding hydrogens is 385 g/mol. The number of nitrogens with zero attached hydrogens (tertiary/aromatic N) is 1. The molecular formula is C21H21F3N2O3. The molecule has 5 nitrogen and oxygen atoms in total. The molecule has 1 atom stereocenters. The zero-order chi connectivity index (χ0) is 21.0. The molecule has 0 saturated carbocycles. The van der Waals surface area contributed by atoms with Gasteiger partial charge in [0.15, 0.2) is 0 Å². The molecule has 3 rings (SSSR count). The minimum Gasteiger partial charge on any atom is -0.497 e. The number of ether oxygens (including phenoxy) is 1. The number of rotatable bonds is 4. The molecule has 1 saturated heterocycles. The van der Waals surface area contributed by atoms with Gasteiger partial charge in [0.05, 0.1) is 18.6 Å². The van der Waals surface area contributed by atoms with E-state index in [9.17, 15) is 22.8 Å². The molecule has 2 aromatic rings. The van der Waals surface area contributed by atoms with Crippen LogP contribution >= 0.6 is 0 Å². The smallest absolute Gasteiger partial charge is 0.416 e. The van der Waals surface area contributed by atoms with Crippen molar-refractivity contribution in [3.8, 4) is 5.75 Å². The Morgan fingerprint density at radius 2 is 1.90 bits per heavy atom. The van der Waals surface area contributed by atoms with E-state index in [0.717, 1.165) is 12.1 Å². The molecule has 1 aliphatic rings. The van der Waals surface area contributed by atoms with Crippen molar-refractivity contribution in [3.63, 3.8) is 0 Å². The third-order valence-electron chi connectivity index (χ3n) is 4.85. The maximum atomic E-state index is 12.9. The molecule has 154 valence electrons. The number of likely N-dealkylation sites (tertiary alicyclic amines) is 1. The molecule has 0 bridgehead atoms. The molecule has 1 N–H and O–H groups in total.